The summed E-state index contributed by atoms with van der Waals surface area (Å²) in [5, 5.41) is 9.86. The number of hydrogen-bond acceptors (Lipinski definition) is 7. The molecule has 0 aromatic carbocycles. The van der Waals surface area contributed by atoms with Crippen molar-refractivity contribution in [2.24, 2.45) is 0 Å². The summed E-state index contributed by atoms with van der Waals surface area (Å²) in [6.07, 6.45) is 3.37. The number of rotatable bonds is 4. The number of aryl methyl sites for hydroxylation is 2. The van der Waals surface area contributed by atoms with Crippen molar-refractivity contribution in [1.29, 1.82) is 0 Å². The molecule has 0 atom stereocenters. The van der Waals surface area contributed by atoms with E-state index in [4.69, 9.17) is 4.74 Å². The van der Waals surface area contributed by atoms with Crippen molar-refractivity contribution in [3.63, 3.8) is 0 Å². The molecule has 2 aliphatic rings. The fourth-order valence-corrected chi connectivity index (χ4v) is 3.08. The van der Waals surface area contributed by atoms with Crippen LogP contribution in [0.2, 0.25) is 0 Å². The van der Waals surface area contributed by atoms with Crippen LogP contribution in [0.3, 0.4) is 0 Å². The number of carbonyl (C=O) groups is 1. The smallest absolute Gasteiger partial charge is 0.410 e. The molecule has 0 aliphatic carbocycles. The van der Waals surface area contributed by atoms with Gasteiger partial charge in [0.15, 0.2) is 0 Å². The molecule has 4 heterocycles. The van der Waals surface area contributed by atoms with Gasteiger partial charge in [-0.25, -0.2) is 14.8 Å². The van der Waals surface area contributed by atoms with Crippen molar-refractivity contribution in [2.75, 3.05) is 36.8 Å². The Labute approximate surface area is 184 Å². The van der Waals surface area contributed by atoms with Gasteiger partial charge in [0.25, 0.3) is 0 Å². The van der Waals surface area contributed by atoms with Crippen LogP contribution in [0.15, 0.2) is 36.7 Å². The molecule has 0 bridgehead atoms. The van der Waals surface area contributed by atoms with E-state index in [1.807, 2.05) is 52.1 Å². The molecule has 2 aromatic heterocycles. The first-order valence-corrected chi connectivity index (χ1v) is 10.7. The van der Waals surface area contributed by atoms with Gasteiger partial charge in [0.2, 0.25) is 0 Å². The molecule has 8 nitrogen and oxygen atoms in total. The molecule has 0 saturated carbocycles. The zero-order valence-corrected chi connectivity index (χ0v) is 19.1. The Morgan fingerprint density at radius 1 is 1.00 bits per heavy atom. The van der Waals surface area contributed by atoms with E-state index in [0.29, 0.717) is 19.1 Å². The van der Waals surface area contributed by atoms with E-state index in [1.165, 1.54) is 11.1 Å². The summed E-state index contributed by atoms with van der Waals surface area (Å²) in [7, 11) is 0. The van der Waals surface area contributed by atoms with Crippen LogP contribution in [-0.2, 0) is 4.74 Å². The third-order valence-electron chi connectivity index (χ3n) is 4.85. The quantitative estimate of drug-likeness (QED) is 0.691. The molecule has 2 saturated heterocycles. The van der Waals surface area contributed by atoms with Gasteiger partial charge >= 0.3 is 6.09 Å². The summed E-state index contributed by atoms with van der Waals surface area (Å²) in [4.78, 5) is 21.9. The maximum atomic E-state index is 11.8. The zero-order chi connectivity index (χ0) is 22.4. The molecular weight excluding hydrogens is 392 g/mol. The maximum absolute atomic E-state index is 11.8. The number of nitrogens with one attached hydrogen (secondary N) is 3. The predicted molar refractivity (Wildman–Crippen MR) is 123 cm³/mol. The predicted octanol–water partition coefficient (Wildman–Crippen LogP) is 3.19. The molecule has 0 unspecified atom stereocenters. The van der Waals surface area contributed by atoms with Crippen LogP contribution in [-0.4, -0.2) is 64.8 Å². The summed E-state index contributed by atoms with van der Waals surface area (Å²) in [6.45, 7) is 13.1. The second kappa shape index (κ2) is 9.96. The van der Waals surface area contributed by atoms with Crippen LogP contribution in [0.1, 0.15) is 31.9 Å². The van der Waals surface area contributed by atoms with E-state index >= 15 is 0 Å². The van der Waals surface area contributed by atoms with Gasteiger partial charge in [0, 0.05) is 38.6 Å². The fraction of sp³-hybridized carbons (Fsp3) is 0.522. The number of ether oxygens (including phenoxy) is 1. The summed E-state index contributed by atoms with van der Waals surface area (Å²) in [5.74, 6) is 1.84. The highest BCUT2D eigenvalue weighted by Gasteiger charge is 2.33. The highest BCUT2D eigenvalue weighted by atomic mass is 16.6. The average Bonchev–Trinajstić information content (AvgIpc) is 2.60. The first kappa shape index (κ1) is 22.8. The van der Waals surface area contributed by atoms with Gasteiger partial charge in [-0.2, -0.15) is 0 Å². The Bertz CT molecular complexity index is 872. The molecule has 2 aliphatic heterocycles. The minimum atomic E-state index is -0.437. The van der Waals surface area contributed by atoms with Gasteiger partial charge < -0.3 is 25.6 Å². The number of pyridine rings is 2. The van der Waals surface area contributed by atoms with E-state index in [2.05, 4.69) is 38.9 Å². The van der Waals surface area contributed by atoms with Crippen molar-refractivity contribution in [2.45, 2.75) is 52.3 Å². The number of nitrogens with zero attached hydrogens (tertiary/aromatic N) is 3. The van der Waals surface area contributed by atoms with E-state index in [1.54, 1.807) is 11.1 Å². The molecule has 3 N–H and O–H groups in total. The van der Waals surface area contributed by atoms with E-state index in [-0.39, 0.29) is 12.1 Å². The molecule has 0 spiro atoms. The lowest BCUT2D eigenvalue weighted by atomic mass is 10.1. The lowest BCUT2D eigenvalue weighted by Crippen LogP contribution is -2.58. The molecule has 2 aromatic rings. The van der Waals surface area contributed by atoms with Crippen molar-refractivity contribution in [3.05, 3.63) is 47.8 Å². The van der Waals surface area contributed by atoms with Gasteiger partial charge in [-0.15, -0.1) is 0 Å². The molecule has 31 heavy (non-hydrogen) atoms. The molecule has 1 amide bonds. The number of likely N-dealkylation sites (tertiary alicyclic amines) is 1. The second-order valence-electron chi connectivity index (χ2n) is 9.16. The summed E-state index contributed by atoms with van der Waals surface area (Å²) < 4.78 is 5.30. The lowest BCUT2D eigenvalue weighted by molar-refractivity contribution is 0.0104. The van der Waals surface area contributed by atoms with E-state index in [9.17, 15) is 4.79 Å². The van der Waals surface area contributed by atoms with Gasteiger partial charge in [-0.1, -0.05) is 0 Å². The Hall–Kier alpha value is -2.87. The molecule has 168 valence electrons. The first-order chi connectivity index (χ1) is 14.7. The maximum Gasteiger partial charge on any atom is 0.410 e. The topological polar surface area (TPSA) is 91.4 Å². The molecule has 2 fully saturated rings. The summed E-state index contributed by atoms with van der Waals surface area (Å²) in [6, 6.07) is 8.85. The number of aromatic nitrogens is 2. The largest absolute Gasteiger partial charge is 0.444 e. The first-order valence-electron chi connectivity index (χ1n) is 10.7. The van der Waals surface area contributed by atoms with Crippen molar-refractivity contribution in [3.8, 4) is 0 Å². The highest BCUT2D eigenvalue weighted by Crippen LogP contribution is 2.18. The van der Waals surface area contributed by atoms with Crippen molar-refractivity contribution >= 4 is 17.7 Å². The van der Waals surface area contributed by atoms with Crippen molar-refractivity contribution in [1.82, 2.24) is 20.2 Å². The van der Waals surface area contributed by atoms with Crippen LogP contribution < -0.4 is 16.0 Å². The average molecular weight is 427 g/mol. The minimum absolute atomic E-state index is 0.247. The Kier molecular flexibility index (Phi) is 7.33. The van der Waals surface area contributed by atoms with Crippen LogP contribution in [0.4, 0.5) is 16.4 Å². The molecular formula is C23H34N6O2. The summed E-state index contributed by atoms with van der Waals surface area (Å²) >= 11 is 0. The molecule has 0 radical (unpaired) electrons. The Morgan fingerprint density at radius 3 is 1.94 bits per heavy atom. The summed E-state index contributed by atoms with van der Waals surface area (Å²) in [5.41, 5.74) is 1.98. The second-order valence-corrected chi connectivity index (χ2v) is 9.16. The minimum Gasteiger partial charge on any atom is -0.444 e. The van der Waals surface area contributed by atoms with Crippen molar-refractivity contribution < 1.29 is 9.53 Å². The Morgan fingerprint density at radius 2 is 1.52 bits per heavy atom. The number of amides is 1. The number of hydrogen-bond donors (Lipinski definition) is 3. The normalized spacial score (nSPS) is 16.4. The molecule has 4 rings (SSSR count). The number of anilines is 2. The highest BCUT2D eigenvalue weighted by molar-refractivity contribution is 5.69. The monoisotopic (exact) mass is 426 g/mol. The van der Waals surface area contributed by atoms with Crippen LogP contribution in [0.25, 0.3) is 0 Å². The van der Waals surface area contributed by atoms with Gasteiger partial charge in [-0.3, -0.25) is 0 Å². The number of carbonyl (C=O) groups excluding carboxylic acids is 1. The third-order valence-corrected chi connectivity index (χ3v) is 4.85. The van der Waals surface area contributed by atoms with Crippen LogP contribution in [0, 0.1) is 13.8 Å². The van der Waals surface area contributed by atoms with E-state index < -0.39 is 5.60 Å². The van der Waals surface area contributed by atoms with Gasteiger partial charge in [0.1, 0.15) is 17.2 Å². The lowest BCUT2D eigenvalue weighted by Gasteiger charge is -2.40. The van der Waals surface area contributed by atoms with Gasteiger partial charge in [0.05, 0.1) is 12.1 Å². The standard InChI is InChI=1S/C14H21N3O2.C9H13N3/c1-10-5-6-15-12(7-10)16-11-8-17(9-11)13(18)19-14(2,3)4;1-7-2-3-11-9(4-7)12-8-5-10-6-8/h5-7,11H,8-9H2,1-4H3,(H,15,16);2-4,8,10H,5-6H2,1H3,(H,11,12). The van der Waals surface area contributed by atoms with Crippen LogP contribution in [0.5, 0.6) is 0 Å². The van der Waals surface area contributed by atoms with Gasteiger partial charge in [-0.05, 0) is 70.0 Å². The fourth-order valence-electron chi connectivity index (χ4n) is 3.08. The SMILES string of the molecule is Cc1ccnc(NC2CN(C(=O)OC(C)(C)C)C2)c1.Cc1ccnc(NC2CNC2)c1. The molecule has 8 heteroatoms. The van der Waals surface area contributed by atoms with Crippen LogP contribution >= 0.6 is 0 Å². The Balaban J connectivity index is 0.000000194. The van der Waals surface area contributed by atoms with E-state index in [0.717, 1.165) is 24.7 Å². The zero-order valence-electron chi connectivity index (χ0n) is 19.1. The third kappa shape index (κ3) is 7.40.